The highest BCUT2D eigenvalue weighted by Gasteiger charge is 2.36. The first-order valence-electron chi connectivity index (χ1n) is 5.63. The Kier molecular flexibility index (Phi) is 2.61. The smallest absolute Gasteiger partial charge is 0.0145 e. The number of piperidine rings is 1. The molecule has 2 aliphatic rings. The quantitative estimate of drug-likeness (QED) is 0.605. The van der Waals surface area contributed by atoms with Crippen molar-refractivity contribution in [1.29, 1.82) is 0 Å². The number of hydrogen-bond acceptors (Lipinski definition) is 2. The molecule has 0 bridgehead atoms. The summed E-state index contributed by atoms with van der Waals surface area (Å²) in [5.74, 6) is 0.959. The van der Waals surface area contributed by atoms with E-state index in [-0.39, 0.29) is 0 Å². The van der Waals surface area contributed by atoms with Crippen LogP contribution in [-0.2, 0) is 0 Å². The van der Waals surface area contributed by atoms with Crippen molar-refractivity contribution in [2.24, 2.45) is 5.92 Å². The van der Waals surface area contributed by atoms with Gasteiger partial charge in [0.25, 0.3) is 0 Å². The normalized spacial score (nSPS) is 36.9. The fourth-order valence-electron chi connectivity index (χ4n) is 2.92. The molecule has 0 radical (unpaired) electrons. The van der Waals surface area contributed by atoms with Gasteiger partial charge in [-0.2, -0.15) is 0 Å². The van der Waals surface area contributed by atoms with Crippen LogP contribution in [0.25, 0.3) is 0 Å². The molecule has 76 valence electrons. The van der Waals surface area contributed by atoms with Gasteiger partial charge < -0.3 is 9.80 Å². The van der Waals surface area contributed by atoms with Crippen molar-refractivity contribution in [2.45, 2.75) is 38.8 Å². The first kappa shape index (κ1) is 9.47. The van der Waals surface area contributed by atoms with E-state index in [9.17, 15) is 0 Å². The second-order valence-electron chi connectivity index (χ2n) is 4.97. The van der Waals surface area contributed by atoms with E-state index in [1.807, 2.05) is 0 Å². The lowest BCUT2D eigenvalue weighted by Gasteiger charge is -2.39. The highest BCUT2D eigenvalue weighted by atomic mass is 15.2. The van der Waals surface area contributed by atoms with Crippen LogP contribution in [0.1, 0.15) is 26.7 Å². The van der Waals surface area contributed by atoms with Gasteiger partial charge in [-0.05, 0) is 52.7 Å². The molecule has 0 aromatic heterocycles. The molecule has 2 heteroatoms. The van der Waals surface area contributed by atoms with Crippen LogP contribution in [0.5, 0.6) is 0 Å². The molecule has 0 amide bonds. The number of rotatable bonds is 1. The SMILES string of the molecule is CC(C)N1CCC2C(CCN2C)C1. The van der Waals surface area contributed by atoms with Crippen molar-refractivity contribution < 1.29 is 0 Å². The molecule has 13 heavy (non-hydrogen) atoms. The molecule has 0 aromatic rings. The Bertz CT molecular complexity index is 179. The molecular formula is C11H22N2. The molecule has 0 aliphatic carbocycles. The number of fused-ring (bicyclic) bond motifs is 1. The molecule has 0 saturated carbocycles. The second-order valence-corrected chi connectivity index (χ2v) is 4.97. The summed E-state index contributed by atoms with van der Waals surface area (Å²) in [6.45, 7) is 8.61. The van der Waals surface area contributed by atoms with E-state index in [0.29, 0.717) is 0 Å². The van der Waals surface area contributed by atoms with Gasteiger partial charge >= 0.3 is 0 Å². The molecule has 0 aromatic carbocycles. The fourth-order valence-corrected chi connectivity index (χ4v) is 2.92. The van der Waals surface area contributed by atoms with Gasteiger partial charge in [-0.1, -0.05) is 0 Å². The van der Waals surface area contributed by atoms with Gasteiger partial charge in [0.2, 0.25) is 0 Å². The molecule has 2 aliphatic heterocycles. The van der Waals surface area contributed by atoms with E-state index in [1.54, 1.807) is 0 Å². The Balaban J connectivity index is 1.95. The fraction of sp³-hybridized carbons (Fsp3) is 1.00. The molecule has 2 unspecified atom stereocenters. The van der Waals surface area contributed by atoms with Gasteiger partial charge in [0.1, 0.15) is 0 Å². The molecule has 2 saturated heterocycles. The summed E-state index contributed by atoms with van der Waals surface area (Å²) < 4.78 is 0. The third-order valence-corrected chi connectivity index (χ3v) is 3.87. The first-order valence-corrected chi connectivity index (χ1v) is 5.63. The summed E-state index contributed by atoms with van der Waals surface area (Å²) in [6.07, 6.45) is 2.81. The predicted octanol–water partition coefficient (Wildman–Crippen LogP) is 1.42. The summed E-state index contributed by atoms with van der Waals surface area (Å²) in [5.41, 5.74) is 0. The maximum atomic E-state index is 2.64. The van der Waals surface area contributed by atoms with Crippen LogP contribution in [0, 0.1) is 5.92 Å². The Hall–Kier alpha value is -0.0800. The maximum absolute atomic E-state index is 2.64. The van der Waals surface area contributed by atoms with E-state index in [2.05, 4.69) is 30.7 Å². The van der Waals surface area contributed by atoms with Crippen molar-refractivity contribution >= 4 is 0 Å². The van der Waals surface area contributed by atoms with Crippen LogP contribution >= 0.6 is 0 Å². The molecular weight excluding hydrogens is 160 g/mol. The van der Waals surface area contributed by atoms with Gasteiger partial charge in [0.05, 0.1) is 0 Å². The third-order valence-electron chi connectivity index (χ3n) is 3.87. The zero-order chi connectivity index (χ0) is 9.42. The highest BCUT2D eigenvalue weighted by molar-refractivity contribution is 4.91. The number of nitrogens with zero attached hydrogens (tertiary/aromatic N) is 2. The summed E-state index contributed by atoms with van der Waals surface area (Å²) in [6, 6.07) is 1.64. The summed E-state index contributed by atoms with van der Waals surface area (Å²) >= 11 is 0. The largest absolute Gasteiger partial charge is 0.303 e. The maximum Gasteiger partial charge on any atom is 0.0145 e. The Labute approximate surface area is 81.9 Å². The molecule has 2 heterocycles. The predicted molar refractivity (Wildman–Crippen MR) is 55.9 cm³/mol. The average molecular weight is 182 g/mol. The van der Waals surface area contributed by atoms with Gasteiger partial charge in [0.15, 0.2) is 0 Å². The van der Waals surface area contributed by atoms with Gasteiger partial charge in [0, 0.05) is 18.6 Å². The molecule has 2 rings (SSSR count). The van der Waals surface area contributed by atoms with Crippen molar-refractivity contribution in [3.8, 4) is 0 Å². The number of hydrogen-bond donors (Lipinski definition) is 0. The van der Waals surface area contributed by atoms with Crippen LogP contribution in [-0.4, -0.2) is 48.6 Å². The Morgan fingerprint density at radius 3 is 2.62 bits per heavy atom. The van der Waals surface area contributed by atoms with Crippen molar-refractivity contribution in [3.05, 3.63) is 0 Å². The molecule has 2 fully saturated rings. The van der Waals surface area contributed by atoms with Crippen LogP contribution in [0.2, 0.25) is 0 Å². The molecule has 0 N–H and O–H groups in total. The Morgan fingerprint density at radius 2 is 1.92 bits per heavy atom. The summed E-state index contributed by atoms with van der Waals surface area (Å²) in [5, 5.41) is 0. The van der Waals surface area contributed by atoms with Gasteiger partial charge in [-0.15, -0.1) is 0 Å². The lowest BCUT2D eigenvalue weighted by Crippen LogP contribution is -2.47. The lowest BCUT2D eigenvalue weighted by atomic mass is 9.92. The summed E-state index contributed by atoms with van der Waals surface area (Å²) in [7, 11) is 2.29. The van der Waals surface area contributed by atoms with Gasteiger partial charge in [-0.3, -0.25) is 0 Å². The van der Waals surface area contributed by atoms with Gasteiger partial charge in [-0.25, -0.2) is 0 Å². The number of likely N-dealkylation sites (tertiary alicyclic amines) is 2. The second kappa shape index (κ2) is 3.58. The van der Waals surface area contributed by atoms with Crippen LogP contribution in [0.15, 0.2) is 0 Å². The zero-order valence-electron chi connectivity index (χ0n) is 9.16. The van der Waals surface area contributed by atoms with Crippen molar-refractivity contribution in [2.75, 3.05) is 26.7 Å². The van der Waals surface area contributed by atoms with E-state index in [0.717, 1.165) is 18.0 Å². The topological polar surface area (TPSA) is 6.48 Å². The van der Waals surface area contributed by atoms with E-state index >= 15 is 0 Å². The van der Waals surface area contributed by atoms with E-state index in [4.69, 9.17) is 0 Å². The van der Waals surface area contributed by atoms with E-state index in [1.165, 1.54) is 32.5 Å². The minimum Gasteiger partial charge on any atom is -0.303 e. The lowest BCUT2D eigenvalue weighted by molar-refractivity contribution is 0.100. The summed E-state index contributed by atoms with van der Waals surface area (Å²) in [4.78, 5) is 5.20. The van der Waals surface area contributed by atoms with Crippen LogP contribution < -0.4 is 0 Å². The molecule has 2 nitrogen and oxygen atoms in total. The standard InChI is InChI=1S/C11H22N2/c1-9(2)13-7-5-11-10(8-13)4-6-12(11)3/h9-11H,4-8H2,1-3H3. The van der Waals surface area contributed by atoms with Crippen molar-refractivity contribution in [1.82, 2.24) is 9.80 Å². The first-order chi connectivity index (χ1) is 6.18. The Morgan fingerprint density at radius 1 is 1.15 bits per heavy atom. The monoisotopic (exact) mass is 182 g/mol. The molecule has 2 atom stereocenters. The van der Waals surface area contributed by atoms with Crippen molar-refractivity contribution in [3.63, 3.8) is 0 Å². The van der Waals surface area contributed by atoms with Crippen LogP contribution in [0.3, 0.4) is 0 Å². The average Bonchev–Trinajstić information content (AvgIpc) is 2.47. The molecule has 0 spiro atoms. The minimum atomic E-state index is 0.742. The zero-order valence-corrected chi connectivity index (χ0v) is 9.16. The highest BCUT2D eigenvalue weighted by Crippen LogP contribution is 2.30. The minimum absolute atomic E-state index is 0.742. The van der Waals surface area contributed by atoms with E-state index < -0.39 is 0 Å². The third kappa shape index (κ3) is 1.75. The van der Waals surface area contributed by atoms with Crippen LogP contribution in [0.4, 0.5) is 0 Å².